The molecule has 1 atom stereocenters. The maximum absolute atomic E-state index is 12.4. The van der Waals surface area contributed by atoms with E-state index in [0.717, 1.165) is 22.3 Å². The number of carbonyl (C=O) groups is 2. The van der Waals surface area contributed by atoms with Crippen molar-refractivity contribution in [2.45, 2.75) is 24.5 Å². The van der Waals surface area contributed by atoms with Crippen LogP contribution in [0.1, 0.15) is 28.2 Å². The SMILES string of the molecule is O=C(N[C@@H](Cc1ccc(CP(=O)([O-])[O-])cc1)C(=O)[O-])OCC1c2ccccc2-c2ccccc21. The number of alkyl carbamates (subject to hydrolysis) is 1. The van der Waals surface area contributed by atoms with Crippen LogP contribution in [0.5, 0.6) is 0 Å². The van der Waals surface area contributed by atoms with Crippen LogP contribution in [-0.4, -0.2) is 24.7 Å². The first kappa shape index (κ1) is 23.7. The average molecular weight is 478 g/mol. The normalized spacial score (nSPS) is 13.6. The number of hydrogen-bond donors (Lipinski definition) is 1. The zero-order chi connectivity index (χ0) is 24.3. The lowest BCUT2D eigenvalue weighted by molar-refractivity contribution is -0.314. The third-order valence-electron chi connectivity index (χ3n) is 5.76. The monoisotopic (exact) mass is 478 g/mol. The van der Waals surface area contributed by atoms with Crippen molar-refractivity contribution in [2.75, 3.05) is 6.61 Å². The minimum absolute atomic E-state index is 0.0404. The number of fused-ring (bicyclic) bond motifs is 3. The van der Waals surface area contributed by atoms with Gasteiger partial charge in [-0.15, -0.1) is 0 Å². The first-order valence-corrected chi connectivity index (χ1v) is 12.4. The molecule has 0 unspecified atom stereocenters. The van der Waals surface area contributed by atoms with Gasteiger partial charge in [0, 0.05) is 12.1 Å². The van der Waals surface area contributed by atoms with Crippen molar-refractivity contribution >= 4 is 19.7 Å². The molecule has 0 saturated heterocycles. The second-order valence-electron chi connectivity index (χ2n) is 8.13. The summed E-state index contributed by atoms with van der Waals surface area (Å²) in [6.07, 6.45) is -1.61. The Kier molecular flexibility index (Phi) is 6.84. The van der Waals surface area contributed by atoms with Gasteiger partial charge in [0.05, 0.1) is 12.0 Å². The first-order chi connectivity index (χ1) is 16.2. The number of benzene rings is 3. The Morgan fingerprint density at radius 3 is 1.94 bits per heavy atom. The average Bonchev–Trinajstić information content (AvgIpc) is 3.11. The number of aliphatic carboxylic acids is 1. The van der Waals surface area contributed by atoms with Gasteiger partial charge in [0.1, 0.15) is 6.61 Å². The molecule has 4 rings (SSSR count). The smallest absolute Gasteiger partial charge is 0.407 e. The Labute approximate surface area is 196 Å². The van der Waals surface area contributed by atoms with E-state index >= 15 is 0 Å². The first-order valence-electron chi connectivity index (χ1n) is 10.6. The minimum Gasteiger partial charge on any atom is -0.810 e. The van der Waals surface area contributed by atoms with Crippen LogP contribution in [0, 0.1) is 0 Å². The van der Waals surface area contributed by atoms with E-state index in [9.17, 15) is 29.0 Å². The van der Waals surface area contributed by atoms with E-state index in [1.54, 1.807) is 0 Å². The van der Waals surface area contributed by atoms with Gasteiger partial charge in [-0.1, -0.05) is 80.4 Å². The van der Waals surface area contributed by atoms with E-state index in [1.807, 2.05) is 48.5 Å². The molecule has 1 N–H and O–H groups in total. The molecule has 1 aliphatic rings. The van der Waals surface area contributed by atoms with Gasteiger partial charge in [0.2, 0.25) is 0 Å². The van der Waals surface area contributed by atoms with Crippen molar-refractivity contribution in [3.8, 4) is 11.1 Å². The van der Waals surface area contributed by atoms with E-state index in [0.29, 0.717) is 11.1 Å². The van der Waals surface area contributed by atoms with Gasteiger partial charge in [0.15, 0.2) is 0 Å². The number of amides is 1. The largest absolute Gasteiger partial charge is 0.810 e. The number of hydrogen-bond acceptors (Lipinski definition) is 7. The molecule has 176 valence electrons. The van der Waals surface area contributed by atoms with Crippen molar-refractivity contribution in [1.29, 1.82) is 0 Å². The molecule has 3 aromatic carbocycles. The summed E-state index contributed by atoms with van der Waals surface area (Å²) in [5, 5.41) is 13.9. The highest BCUT2D eigenvalue weighted by Crippen LogP contribution is 2.44. The molecule has 0 bridgehead atoms. The van der Waals surface area contributed by atoms with Gasteiger partial charge in [-0.05, 0) is 39.8 Å². The van der Waals surface area contributed by atoms with E-state index in [-0.39, 0.29) is 18.9 Å². The van der Waals surface area contributed by atoms with Crippen molar-refractivity contribution in [3.05, 3.63) is 95.1 Å². The maximum atomic E-state index is 12.4. The van der Waals surface area contributed by atoms with Gasteiger partial charge >= 0.3 is 6.09 Å². The number of carbonyl (C=O) groups excluding carboxylic acids is 2. The second kappa shape index (κ2) is 9.81. The Hall–Kier alpha value is -3.45. The fraction of sp³-hybridized carbons (Fsp3) is 0.200. The molecule has 3 aromatic rings. The Balaban J connectivity index is 1.39. The summed E-state index contributed by atoms with van der Waals surface area (Å²) >= 11 is 0. The zero-order valence-electron chi connectivity index (χ0n) is 18.0. The molecular formula is C25H21NO7P-3. The lowest BCUT2D eigenvalue weighted by Crippen LogP contribution is -2.49. The highest BCUT2D eigenvalue weighted by Gasteiger charge is 2.29. The van der Waals surface area contributed by atoms with Crippen LogP contribution in [-0.2, 0) is 26.7 Å². The van der Waals surface area contributed by atoms with Crippen LogP contribution in [0.4, 0.5) is 4.79 Å². The summed E-state index contributed by atoms with van der Waals surface area (Å²) in [7, 11) is -4.70. The summed E-state index contributed by atoms with van der Waals surface area (Å²) in [5.41, 5.74) is 5.04. The summed E-state index contributed by atoms with van der Waals surface area (Å²) < 4.78 is 16.3. The van der Waals surface area contributed by atoms with Gasteiger partial charge in [-0.25, -0.2) is 4.79 Å². The van der Waals surface area contributed by atoms with Crippen molar-refractivity contribution < 1.29 is 33.8 Å². The quantitative estimate of drug-likeness (QED) is 0.481. The minimum atomic E-state index is -4.70. The lowest BCUT2D eigenvalue weighted by Gasteiger charge is -2.29. The molecule has 0 fully saturated rings. The number of carboxylic acids is 1. The van der Waals surface area contributed by atoms with Crippen molar-refractivity contribution in [2.24, 2.45) is 0 Å². The Bertz CT molecular complexity index is 1210. The predicted octanol–water partition coefficient (Wildman–Crippen LogP) is 1.30. The van der Waals surface area contributed by atoms with Crippen molar-refractivity contribution in [1.82, 2.24) is 5.32 Å². The molecule has 8 nitrogen and oxygen atoms in total. The van der Waals surface area contributed by atoms with Crippen LogP contribution in [0.25, 0.3) is 11.1 Å². The third kappa shape index (κ3) is 5.54. The van der Waals surface area contributed by atoms with Crippen molar-refractivity contribution in [3.63, 3.8) is 0 Å². The lowest BCUT2D eigenvalue weighted by atomic mass is 9.98. The van der Waals surface area contributed by atoms with E-state index in [2.05, 4.69) is 5.32 Å². The molecule has 1 aliphatic carbocycles. The second-order valence-corrected chi connectivity index (χ2v) is 9.67. The van der Waals surface area contributed by atoms with Crippen LogP contribution in [0.15, 0.2) is 72.8 Å². The highest BCUT2D eigenvalue weighted by atomic mass is 31.2. The van der Waals surface area contributed by atoms with Gasteiger partial charge < -0.3 is 34.3 Å². The highest BCUT2D eigenvalue weighted by molar-refractivity contribution is 7.47. The summed E-state index contributed by atoms with van der Waals surface area (Å²) in [6, 6.07) is 20.2. The molecule has 34 heavy (non-hydrogen) atoms. The Morgan fingerprint density at radius 2 is 1.41 bits per heavy atom. The fourth-order valence-electron chi connectivity index (χ4n) is 4.22. The molecular weight excluding hydrogens is 457 g/mol. The summed E-state index contributed by atoms with van der Waals surface area (Å²) in [6.45, 7) is 0.0404. The van der Waals surface area contributed by atoms with Crippen LogP contribution < -0.4 is 20.2 Å². The molecule has 0 saturated carbocycles. The van der Waals surface area contributed by atoms with Crippen LogP contribution in [0.2, 0.25) is 0 Å². The molecule has 0 spiro atoms. The van der Waals surface area contributed by atoms with Gasteiger partial charge in [-0.2, -0.15) is 0 Å². The Morgan fingerprint density at radius 1 is 0.882 bits per heavy atom. The number of carboxylic acid groups (broad SMARTS) is 1. The number of ether oxygens (including phenoxy) is 1. The molecule has 1 amide bonds. The molecule has 0 radical (unpaired) electrons. The molecule has 0 aromatic heterocycles. The van der Waals surface area contributed by atoms with E-state index in [1.165, 1.54) is 24.3 Å². The maximum Gasteiger partial charge on any atom is 0.407 e. The van der Waals surface area contributed by atoms with Gasteiger partial charge in [-0.3, -0.25) is 0 Å². The summed E-state index contributed by atoms with van der Waals surface area (Å²) in [4.78, 5) is 45.8. The third-order valence-corrected chi connectivity index (χ3v) is 6.51. The van der Waals surface area contributed by atoms with E-state index < -0.39 is 31.9 Å². The predicted molar refractivity (Wildman–Crippen MR) is 118 cm³/mol. The van der Waals surface area contributed by atoms with Gasteiger partial charge in [0.25, 0.3) is 0 Å². The topological polar surface area (TPSA) is 142 Å². The number of rotatable bonds is 8. The fourth-order valence-corrected chi connectivity index (χ4v) is 4.87. The molecule has 0 aliphatic heterocycles. The standard InChI is InChI=1S/C25H24NO7P/c27-24(28)23(13-16-9-11-17(12-10-16)15-34(30,31)32)26-25(29)33-14-22-20-7-3-1-5-18(20)19-6-2-4-8-21(19)22/h1-12,22-23H,13-15H2,(H,26,29)(H,27,28)(H2,30,31,32)/p-3/t23-/m0/s1. The number of nitrogens with one attached hydrogen (secondary N) is 1. The van der Waals surface area contributed by atoms with Crippen LogP contribution >= 0.6 is 7.60 Å². The summed E-state index contributed by atoms with van der Waals surface area (Å²) in [5.74, 6) is -1.65. The molecule has 0 heterocycles. The molecule has 9 heteroatoms. The zero-order valence-corrected chi connectivity index (χ0v) is 18.9. The van der Waals surface area contributed by atoms with Crippen LogP contribution in [0.3, 0.4) is 0 Å². The van der Waals surface area contributed by atoms with E-state index in [4.69, 9.17) is 4.74 Å².